The maximum atomic E-state index is 11.7. The van der Waals surface area contributed by atoms with Crippen molar-refractivity contribution in [1.29, 1.82) is 0 Å². The van der Waals surface area contributed by atoms with E-state index in [1.165, 1.54) is 31.8 Å². The SMILES string of the molecule is C=CC(=O)CCC1CCCC(N2CC(c3cc4c(c(C)n3)O[C@H](C)c3c(N5CCOCC5)ccnc3N4)C2)C1. The van der Waals surface area contributed by atoms with Crippen LogP contribution in [0.15, 0.2) is 31.0 Å². The Hall–Kier alpha value is -2.97. The number of rotatable bonds is 7. The fourth-order valence-electron chi connectivity index (χ4n) is 6.85. The first-order valence-electron chi connectivity index (χ1n) is 14.7. The monoisotopic (exact) mass is 531 g/mol. The first-order chi connectivity index (χ1) is 19.0. The number of anilines is 3. The molecule has 1 saturated carbocycles. The number of hydrogen-bond acceptors (Lipinski definition) is 8. The Morgan fingerprint density at radius 3 is 2.87 bits per heavy atom. The zero-order valence-electron chi connectivity index (χ0n) is 23.3. The molecule has 8 heteroatoms. The number of likely N-dealkylation sites (tertiary alicyclic amines) is 1. The van der Waals surface area contributed by atoms with Crippen LogP contribution in [0.4, 0.5) is 17.2 Å². The summed E-state index contributed by atoms with van der Waals surface area (Å²) in [5, 5.41) is 3.62. The summed E-state index contributed by atoms with van der Waals surface area (Å²) < 4.78 is 12.1. The van der Waals surface area contributed by atoms with E-state index in [2.05, 4.69) is 47.7 Å². The number of ketones is 1. The van der Waals surface area contributed by atoms with Crippen LogP contribution in [-0.2, 0) is 9.53 Å². The van der Waals surface area contributed by atoms with E-state index in [1.807, 2.05) is 6.20 Å². The summed E-state index contributed by atoms with van der Waals surface area (Å²) in [4.78, 5) is 26.5. The van der Waals surface area contributed by atoms with E-state index in [0.717, 1.165) is 85.7 Å². The number of nitrogens with one attached hydrogen (secondary N) is 1. The van der Waals surface area contributed by atoms with Gasteiger partial charge in [0.25, 0.3) is 0 Å². The number of pyridine rings is 2. The van der Waals surface area contributed by atoms with Crippen LogP contribution in [0.2, 0.25) is 0 Å². The van der Waals surface area contributed by atoms with Gasteiger partial charge in [-0.2, -0.15) is 0 Å². The van der Waals surface area contributed by atoms with Crippen LogP contribution in [0, 0.1) is 12.8 Å². The fourth-order valence-corrected chi connectivity index (χ4v) is 6.85. The van der Waals surface area contributed by atoms with Gasteiger partial charge in [0.1, 0.15) is 11.9 Å². The van der Waals surface area contributed by atoms with Gasteiger partial charge >= 0.3 is 0 Å². The zero-order chi connectivity index (χ0) is 26.9. The van der Waals surface area contributed by atoms with Gasteiger partial charge in [-0.15, -0.1) is 0 Å². The largest absolute Gasteiger partial charge is 0.482 e. The van der Waals surface area contributed by atoms with E-state index in [0.29, 0.717) is 24.3 Å². The van der Waals surface area contributed by atoms with Crippen molar-refractivity contribution in [3.8, 4) is 5.75 Å². The van der Waals surface area contributed by atoms with Crippen molar-refractivity contribution in [2.45, 2.75) is 70.4 Å². The molecule has 0 aromatic carbocycles. The number of hydrogen-bond donors (Lipinski definition) is 1. The summed E-state index contributed by atoms with van der Waals surface area (Å²) in [5.41, 5.74) is 5.26. The summed E-state index contributed by atoms with van der Waals surface area (Å²) in [6.45, 7) is 13.1. The van der Waals surface area contributed by atoms with Crippen LogP contribution in [-0.4, -0.2) is 66.1 Å². The Bertz CT molecular complexity index is 1220. The maximum Gasteiger partial charge on any atom is 0.164 e. The molecule has 2 unspecified atom stereocenters. The van der Waals surface area contributed by atoms with E-state index >= 15 is 0 Å². The highest BCUT2D eigenvalue weighted by atomic mass is 16.5. The Labute approximate surface area is 231 Å². The van der Waals surface area contributed by atoms with Gasteiger partial charge in [-0.1, -0.05) is 19.4 Å². The number of carbonyl (C=O) groups is 1. The molecule has 3 atom stereocenters. The number of fused-ring (bicyclic) bond motifs is 2. The molecule has 1 aliphatic carbocycles. The smallest absolute Gasteiger partial charge is 0.164 e. The first-order valence-corrected chi connectivity index (χ1v) is 14.7. The molecule has 1 N–H and O–H groups in total. The highest BCUT2D eigenvalue weighted by molar-refractivity contribution is 5.88. The van der Waals surface area contributed by atoms with Crippen LogP contribution < -0.4 is 15.0 Å². The summed E-state index contributed by atoms with van der Waals surface area (Å²) in [7, 11) is 0. The Balaban J connectivity index is 1.15. The number of nitrogens with zero attached hydrogens (tertiary/aromatic N) is 4. The molecule has 0 radical (unpaired) electrons. The van der Waals surface area contributed by atoms with Gasteiger partial charge in [-0.05, 0) is 57.2 Å². The van der Waals surface area contributed by atoms with E-state index in [-0.39, 0.29) is 11.9 Å². The standard InChI is InChI=1S/C31H41N5O3/c1-4-25(37)9-8-22-6-5-7-24(16-22)36-18-23(19-36)26-17-27-30(20(2)33-26)39-21(3)29-28(10-11-32-31(29)34-27)35-12-14-38-15-13-35/h4,10-11,17,21-24H,1,5-9,12-16,18-19H2,2-3H3,(H,32,34)/t21-,22?,24?/m1/s1. The van der Waals surface area contributed by atoms with Crippen molar-refractivity contribution in [3.05, 3.63) is 47.9 Å². The van der Waals surface area contributed by atoms with Gasteiger partial charge in [0, 0.05) is 62.1 Å². The number of aromatic nitrogens is 2. The lowest BCUT2D eigenvalue weighted by Crippen LogP contribution is -2.52. The molecule has 0 bridgehead atoms. The maximum absolute atomic E-state index is 11.7. The summed E-state index contributed by atoms with van der Waals surface area (Å²) >= 11 is 0. The topological polar surface area (TPSA) is 79.8 Å². The minimum Gasteiger partial charge on any atom is -0.482 e. The minimum atomic E-state index is -0.146. The molecule has 5 heterocycles. The lowest BCUT2D eigenvalue weighted by molar-refractivity contribution is -0.115. The van der Waals surface area contributed by atoms with Crippen LogP contribution in [0.3, 0.4) is 0 Å². The molecule has 208 valence electrons. The molecule has 4 aliphatic rings. The quantitative estimate of drug-likeness (QED) is 0.482. The molecule has 6 rings (SSSR count). The molecular formula is C31H41N5O3. The zero-order valence-corrected chi connectivity index (χ0v) is 23.3. The van der Waals surface area contributed by atoms with Gasteiger partial charge in [0.2, 0.25) is 0 Å². The lowest BCUT2D eigenvalue weighted by atomic mass is 9.80. The molecule has 39 heavy (non-hydrogen) atoms. The summed E-state index contributed by atoms with van der Waals surface area (Å²) in [6, 6.07) is 4.89. The van der Waals surface area contributed by atoms with Crippen molar-refractivity contribution in [1.82, 2.24) is 14.9 Å². The Morgan fingerprint density at radius 1 is 1.26 bits per heavy atom. The second-order valence-corrected chi connectivity index (χ2v) is 11.6. The number of aryl methyl sites for hydroxylation is 1. The van der Waals surface area contributed by atoms with Crippen LogP contribution in [0.5, 0.6) is 5.75 Å². The third kappa shape index (κ3) is 5.41. The predicted molar refractivity (Wildman–Crippen MR) is 153 cm³/mol. The molecule has 2 saturated heterocycles. The van der Waals surface area contributed by atoms with E-state index in [4.69, 9.17) is 19.4 Å². The van der Waals surface area contributed by atoms with E-state index < -0.39 is 0 Å². The number of allylic oxidation sites excluding steroid dienone is 1. The summed E-state index contributed by atoms with van der Waals surface area (Å²) in [5.74, 6) is 2.93. The van der Waals surface area contributed by atoms with Crippen molar-refractivity contribution >= 4 is 23.0 Å². The van der Waals surface area contributed by atoms with Crippen LogP contribution in [0.25, 0.3) is 0 Å². The molecule has 3 aliphatic heterocycles. The lowest BCUT2D eigenvalue weighted by Gasteiger charge is -2.47. The third-order valence-corrected chi connectivity index (χ3v) is 9.06. The minimum absolute atomic E-state index is 0.146. The van der Waals surface area contributed by atoms with E-state index in [1.54, 1.807) is 0 Å². The van der Waals surface area contributed by atoms with Crippen molar-refractivity contribution < 1.29 is 14.3 Å². The van der Waals surface area contributed by atoms with Gasteiger partial charge in [-0.3, -0.25) is 14.7 Å². The second-order valence-electron chi connectivity index (χ2n) is 11.6. The fraction of sp³-hybridized carbons (Fsp3) is 0.581. The number of morpholine rings is 1. The van der Waals surface area contributed by atoms with Crippen LogP contribution >= 0.6 is 0 Å². The third-order valence-electron chi connectivity index (χ3n) is 9.06. The van der Waals surface area contributed by atoms with E-state index in [9.17, 15) is 4.79 Å². The van der Waals surface area contributed by atoms with Crippen molar-refractivity contribution in [2.75, 3.05) is 49.6 Å². The predicted octanol–water partition coefficient (Wildman–Crippen LogP) is 5.31. The Kier molecular flexibility index (Phi) is 7.58. The van der Waals surface area contributed by atoms with Crippen molar-refractivity contribution in [2.24, 2.45) is 5.92 Å². The second kappa shape index (κ2) is 11.3. The molecule has 0 amide bonds. The highest BCUT2D eigenvalue weighted by Crippen LogP contribution is 2.45. The van der Waals surface area contributed by atoms with Crippen LogP contribution in [0.1, 0.15) is 74.4 Å². The summed E-state index contributed by atoms with van der Waals surface area (Å²) in [6.07, 6.45) is 9.81. The Morgan fingerprint density at radius 2 is 2.08 bits per heavy atom. The number of carbonyl (C=O) groups excluding carboxylic acids is 1. The van der Waals surface area contributed by atoms with Gasteiger partial charge in [-0.25, -0.2) is 4.98 Å². The molecule has 2 aromatic rings. The number of ether oxygens (including phenoxy) is 2. The normalized spacial score (nSPS) is 25.4. The van der Waals surface area contributed by atoms with Gasteiger partial charge < -0.3 is 19.7 Å². The van der Waals surface area contributed by atoms with Gasteiger partial charge in [0.15, 0.2) is 11.5 Å². The molecule has 2 aromatic heterocycles. The molecule has 8 nitrogen and oxygen atoms in total. The molecule has 3 fully saturated rings. The average molecular weight is 532 g/mol. The van der Waals surface area contributed by atoms with Gasteiger partial charge in [0.05, 0.1) is 30.2 Å². The average Bonchev–Trinajstić information content (AvgIpc) is 3.08. The van der Waals surface area contributed by atoms with Crippen molar-refractivity contribution in [3.63, 3.8) is 0 Å². The molecular weight excluding hydrogens is 490 g/mol. The first kappa shape index (κ1) is 26.3. The highest BCUT2D eigenvalue weighted by Gasteiger charge is 2.37. The molecule has 0 spiro atoms.